The summed E-state index contributed by atoms with van der Waals surface area (Å²) in [7, 11) is 1.74. The van der Waals surface area contributed by atoms with Gasteiger partial charge in [-0.05, 0) is 35.9 Å². The maximum absolute atomic E-state index is 5.07. The Morgan fingerprint density at radius 2 is 2.44 bits per heavy atom. The number of nitrogens with one attached hydrogen (secondary N) is 1. The number of hydrogen-bond donors (Lipinski definition) is 1. The van der Waals surface area contributed by atoms with Crippen LogP contribution in [0.3, 0.4) is 0 Å². The van der Waals surface area contributed by atoms with Gasteiger partial charge in [-0.2, -0.15) is 0 Å². The van der Waals surface area contributed by atoms with Gasteiger partial charge in [-0.15, -0.1) is 11.8 Å². The van der Waals surface area contributed by atoms with Gasteiger partial charge in [-0.3, -0.25) is 0 Å². The van der Waals surface area contributed by atoms with E-state index in [1.807, 2.05) is 11.8 Å². The van der Waals surface area contributed by atoms with Crippen LogP contribution in [-0.2, 0) is 4.74 Å². The molecule has 2 nitrogen and oxygen atoms in total. The van der Waals surface area contributed by atoms with E-state index in [4.69, 9.17) is 4.74 Å². The van der Waals surface area contributed by atoms with Gasteiger partial charge in [-0.1, -0.05) is 15.9 Å². The first kappa shape index (κ1) is 12.4. The van der Waals surface area contributed by atoms with Crippen molar-refractivity contribution in [2.45, 2.75) is 17.4 Å². The average molecular weight is 302 g/mol. The first-order chi connectivity index (χ1) is 7.81. The van der Waals surface area contributed by atoms with E-state index in [1.54, 1.807) is 7.11 Å². The van der Waals surface area contributed by atoms with E-state index in [-0.39, 0.29) is 0 Å². The van der Waals surface area contributed by atoms with Crippen molar-refractivity contribution in [3.63, 3.8) is 0 Å². The van der Waals surface area contributed by atoms with Gasteiger partial charge < -0.3 is 10.1 Å². The molecule has 1 unspecified atom stereocenters. The molecule has 16 heavy (non-hydrogen) atoms. The number of methoxy groups -OCH3 is 1. The summed E-state index contributed by atoms with van der Waals surface area (Å²) in [6.45, 7) is 1.69. The number of ether oxygens (including phenoxy) is 1. The average Bonchev–Trinajstić information content (AvgIpc) is 2.30. The van der Waals surface area contributed by atoms with E-state index in [0.717, 1.165) is 17.6 Å². The second-order valence-corrected chi connectivity index (χ2v) is 5.87. The molecule has 1 aliphatic rings. The lowest BCUT2D eigenvalue weighted by molar-refractivity contribution is 0.195. The third kappa shape index (κ3) is 3.00. The molecule has 0 aliphatic carbocycles. The summed E-state index contributed by atoms with van der Waals surface area (Å²) in [6.07, 6.45) is 1.19. The molecule has 1 aliphatic heterocycles. The highest BCUT2D eigenvalue weighted by Crippen LogP contribution is 2.37. The number of halogens is 1. The van der Waals surface area contributed by atoms with Crippen LogP contribution in [0.2, 0.25) is 0 Å². The quantitative estimate of drug-likeness (QED) is 0.863. The maximum Gasteiger partial charge on any atom is 0.0587 e. The van der Waals surface area contributed by atoms with Gasteiger partial charge in [0.25, 0.3) is 0 Å². The molecule has 88 valence electrons. The molecule has 4 heteroatoms. The second kappa shape index (κ2) is 6.05. The van der Waals surface area contributed by atoms with Crippen LogP contribution in [0.25, 0.3) is 0 Å². The van der Waals surface area contributed by atoms with Crippen molar-refractivity contribution in [2.75, 3.05) is 26.0 Å². The Hall–Kier alpha value is -0.0300. The lowest BCUT2D eigenvalue weighted by Crippen LogP contribution is -2.27. The summed E-state index contributed by atoms with van der Waals surface area (Å²) < 4.78 is 6.23. The summed E-state index contributed by atoms with van der Waals surface area (Å²) in [4.78, 5) is 1.41. The van der Waals surface area contributed by atoms with Crippen molar-refractivity contribution in [1.29, 1.82) is 0 Å². The Labute approximate surface area is 109 Å². The van der Waals surface area contributed by atoms with Crippen LogP contribution in [0.5, 0.6) is 0 Å². The van der Waals surface area contributed by atoms with Crippen LogP contribution in [-0.4, -0.2) is 26.0 Å². The Kier molecular flexibility index (Phi) is 4.70. The SMILES string of the molecule is COCCNC1CCSc2ccc(Br)cc21. The zero-order valence-electron chi connectivity index (χ0n) is 9.33. The van der Waals surface area contributed by atoms with E-state index in [2.05, 4.69) is 39.4 Å². The summed E-state index contributed by atoms with van der Waals surface area (Å²) in [5.41, 5.74) is 1.42. The fourth-order valence-electron chi connectivity index (χ4n) is 1.91. The Bertz CT molecular complexity index is 359. The molecule has 1 heterocycles. The number of fused-ring (bicyclic) bond motifs is 1. The van der Waals surface area contributed by atoms with Crippen molar-refractivity contribution < 1.29 is 4.74 Å². The Morgan fingerprint density at radius 3 is 3.25 bits per heavy atom. The predicted octanol–water partition coefficient (Wildman–Crippen LogP) is 3.22. The molecule has 1 N–H and O–H groups in total. The molecule has 0 saturated carbocycles. The van der Waals surface area contributed by atoms with Crippen LogP contribution in [0.4, 0.5) is 0 Å². The zero-order chi connectivity index (χ0) is 11.4. The minimum absolute atomic E-state index is 0.476. The molecule has 0 spiro atoms. The molecule has 1 aromatic carbocycles. The number of hydrogen-bond acceptors (Lipinski definition) is 3. The van der Waals surface area contributed by atoms with E-state index in [9.17, 15) is 0 Å². The third-order valence-corrected chi connectivity index (χ3v) is 4.32. The van der Waals surface area contributed by atoms with Crippen LogP contribution >= 0.6 is 27.7 Å². The molecule has 0 saturated heterocycles. The van der Waals surface area contributed by atoms with Crippen molar-refractivity contribution in [3.8, 4) is 0 Å². The summed E-state index contributed by atoms with van der Waals surface area (Å²) >= 11 is 5.49. The molecular formula is C12H16BrNOS. The maximum atomic E-state index is 5.07. The van der Waals surface area contributed by atoms with Crippen molar-refractivity contribution in [2.24, 2.45) is 0 Å². The molecule has 0 radical (unpaired) electrons. The first-order valence-corrected chi connectivity index (χ1v) is 7.23. The van der Waals surface area contributed by atoms with Crippen LogP contribution in [0.1, 0.15) is 18.0 Å². The van der Waals surface area contributed by atoms with Crippen LogP contribution in [0, 0.1) is 0 Å². The minimum Gasteiger partial charge on any atom is -0.383 e. The minimum atomic E-state index is 0.476. The summed E-state index contributed by atoms with van der Waals surface area (Å²) in [5, 5.41) is 3.55. The highest BCUT2D eigenvalue weighted by Gasteiger charge is 2.19. The third-order valence-electron chi connectivity index (χ3n) is 2.71. The molecule has 2 rings (SSSR count). The van der Waals surface area contributed by atoms with E-state index < -0.39 is 0 Å². The fourth-order valence-corrected chi connectivity index (χ4v) is 3.40. The zero-order valence-corrected chi connectivity index (χ0v) is 11.7. The molecule has 0 fully saturated rings. The topological polar surface area (TPSA) is 21.3 Å². The van der Waals surface area contributed by atoms with Gasteiger partial charge in [0.2, 0.25) is 0 Å². The predicted molar refractivity (Wildman–Crippen MR) is 72.1 cm³/mol. The monoisotopic (exact) mass is 301 g/mol. The molecule has 1 atom stereocenters. The van der Waals surface area contributed by atoms with E-state index in [1.165, 1.54) is 22.6 Å². The van der Waals surface area contributed by atoms with Crippen molar-refractivity contribution >= 4 is 27.7 Å². The van der Waals surface area contributed by atoms with Crippen molar-refractivity contribution in [1.82, 2.24) is 5.32 Å². The lowest BCUT2D eigenvalue weighted by Gasteiger charge is -2.26. The smallest absolute Gasteiger partial charge is 0.0587 e. The highest BCUT2D eigenvalue weighted by molar-refractivity contribution is 9.10. The van der Waals surface area contributed by atoms with Gasteiger partial charge >= 0.3 is 0 Å². The lowest BCUT2D eigenvalue weighted by atomic mass is 10.0. The summed E-state index contributed by atoms with van der Waals surface area (Å²) in [6, 6.07) is 7.02. The Morgan fingerprint density at radius 1 is 1.56 bits per heavy atom. The van der Waals surface area contributed by atoms with E-state index >= 15 is 0 Å². The number of thioether (sulfide) groups is 1. The fraction of sp³-hybridized carbons (Fsp3) is 0.500. The summed E-state index contributed by atoms with van der Waals surface area (Å²) in [5.74, 6) is 1.19. The van der Waals surface area contributed by atoms with Gasteiger partial charge in [0, 0.05) is 29.1 Å². The largest absolute Gasteiger partial charge is 0.383 e. The van der Waals surface area contributed by atoms with Crippen LogP contribution in [0.15, 0.2) is 27.6 Å². The Balaban J connectivity index is 2.09. The molecule has 0 bridgehead atoms. The number of rotatable bonds is 4. The standard InChI is InChI=1S/C12H16BrNOS/c1-15-6-5-14-11-4-7-16-12-3-2-9(13)8-10(11)12/h2-3,8,11,14H,4-7H2,1H3. The molecule has 0 amide bonds. The molecule has 1 aromatic rings. The first-order valence-electron chi connectivity index (χ1n) is 5.46. The van der Waals surface area contributed by atoms with Gasteiger partial charge in [0.1, 0.15) is 0 Å². The van der Waals surface area contributed by atoms with Gasteiger partial charge in [0.15, 0.2) is 0 Å². The highest BCUT2D eigenvalue weighted by atomic mass is 79.9. The normalized spacial score (nSPS) is 19.5. The van der Waals surface area contributed by atoms with Gasteiger partial charge in [0.05, 0.1) is 6.61 Å². The van der Waals surface area contributed by atoms with Crippen LogP contribution < -0.4 is 5.32 Å². The van der Waals surface area contributed by atoms with E-state index in [0.29, 0.717) is 6.04 Å². The number of benzene rings is 1. The van der Waals surface area contributed by atoms with Crippen molar-refractivity contribution in [3.05, 3.63) is 28.2 Å². The van der Waals surface area contributed by atoms with Gasteiger partial charge in [-0.25, -0.2) is 0 Å². The second-order valence-electron chi connectivity index (χ2n) is 3.82. The molecule has 0 aromatic heterocycles. The molecular weight excluding hydrogens is 286 g/mol.